The Morgan fingerprint density at radius 1 is 1.53 bits per heavy atom. The first-order valence-electron chi connectivity index (χ1n) is 5.84. The highest BCUT2D eigenvalue weighted by Gasteiger charge is 2.14. The monoisotopic (exact) mass is 279 g/mol. The van der Waals surface area contributed by atoms with Crippen molar-refractivity contribution in [2.75, 3.05) is 11.1 Å². The lowest BCUT2D eigenvalue weighted by Crippen LogP contribution is -2.14. The van der Waals surface area contributed by atoms with Gasteiger partial charge in [0.1, 0.15) is 5.82 Å². The third-order valence-electron chi connectivity index (χ3n) is 2.71. The van der Waals surface area contributed by atoms with Crippen LogP contribution in [-0.4, -0.2) is 10.9 Å². The Morgan fingerprint density at radius 3 is 2.89 bits per heavy atom. The van der Waals surface area contributed by atoms with E-state index >= 15 is 0 Å². The van der Waals surface area contributed by atoms with Gasteiger partial charge in [-0.05, 0) is 31.5 Å². The molecule has 0 saturated carbocycles. The lowest BCUT2D eigenvalue weighted by Gasteiger charge is -2.05. The summed E-state index contributed by atoms with van der Waals surface area (Å²) < 4.78 is 13.1. The predicted octanol–water partition coefficient (Wildman–Crippen LogP) is 2.99. The number of hydrogen-bond donors (Lipinski definition) is 2. The molecule has 4 nitrogen and oxygen atoms in total. The minimum absolute atomic E-state index is 0.117. The van der Waals surface area contributed by atoms with Crippen LogP contribution in [0.25, 0.3) is 0 Å². The van der Waals surface area contributed by atoms with Crippen molar-refractivity contribution in [3.8, 4) is 0 Å². The van der Waals surface area contributed by atoms with Gasteiger partial charge < -0.3 is 5.73 Å². The van der Waals surface area contributed by atoms with Crippen LogP contribution < -0.4 is 11.1 Å². The van der Waals surface area contributed by atoms with Crippen LogP contribution in [0.2, 0.25) is 0 Å². The number of nitrogens with zero attached hydrogens (tertiary/aromatic N) is 1. The molecule has 0 aliphatic heterocycles. The molecule has 2 rings (SSSR count). The number of aromatic nitrogens is 1. The molecule has 0 radical (unpaired) electrons. The maximum Gasteiger partial charge on any atom is 0.259 e. The number of aryl methyl sites for hydroxylation is 2. The van der Waals surface area contributed by atoms with Crippen LogP contribution in [0, 0.1) is 12.7 Å². The van der Waals surface area contributed by atoms with Gasteiger partial charge >= 0.3 is 0 Å². The lowest BCUT2D eigenvalue weighted by molar-refractivity contribution is 0.102. The number of rotatable bonds is 3. The van der Waals surface area contributed by atoms with E-state index in [1.807, 2.05) is 13.8 Å². The van der Waals surface area contributed by atoms with E-state index in [2.05, 4.69) is 10.3 Å². The van der Waals surface area contributed by atoms with Gasteiger partial charge in [0.05, 0.1) is 11.3 Å². The van der Waals surface area contributed by atoms with Crippen LogP contribution in [0.4, 0.5) is 15.2 Å². The fraction of sp³-hybridized carbons (Fsp3) is 0.231. The Bertz CT molecular complexity index is 624. The second-order valence-electron chi connectivity index (χ2n) is 4.06. The first-order chi connectivity index (χ1) is 9.01. The van der Waals surface area contributed by atoms with Crippen LogP contribution in [0.15, 0.2) is 18.2 Å². The number of hydrogen-bond acceptors (Lipinski definition) is 4. The summed E-state index contributed by atoms with van der Waals surface area (Å²) in [7, 11) is 0. The first-order valence-corrected chi connectivity index (χ1v) is 6.65. The van der Waals surface area contributed by atoms with Crippen molar-refractivity contribution in [2.45, 2.75) is 20.3 Å². The molecule has 1 aromatic carbocycles. The van der Waals surface area contributed by atoms with Crippen molar-refractivity contribution in [1.82, 2.24) is 4.98 Å². The summed E-state index contributed by atoms with van der Waals surface area (Å²) in [6.07, 6.45) is 0.806. The summed E-state index contributed by atoms with van der Waals surface area (Å²) >= 11 is 1.39. The molecule has 6 heteroatoms. The fourth-order valence-electron chi connectivity index (χ4n) is 1.70. The van der Waals surface area contributed by atoms with E-state index in [4.69, 9.17) is 5.73 Å². The summed E-state index contributed by atoms with van der Waals surface area (Å²) in [6.45, 7) is 3.95. The number of nitrogen functional groups attached to an aromatic ring is 1. The van der Waals surface area contributed by atoms with Gasteiger partial charge in [-0.1, -0.05) is 6.92 Å². The molecule has 0 spiro atoms. The molecule has 0 atom stereocenters. The average Bonchev–Trinajstić information content (AvgIpc) is 2.72. The molecule has 3 N–H and O–H groups in total. The molecule has 0 fully saturated rings. The van der Waals surface area contributed by atoms with Crippen molar-refractivity contribution in [2.24, 2.45) is 0 Å². The number of anilines is 2. The highest BCUT2D eigenvalue weighted by Crippen LogP contribution is 2.23. The van der Waals surface area contributed by atoms with Gasteiger partial charge in [0.2, 0.25) is 0 Å². The SMILES string of the molecule is CCc1nc(NC(=O)c2cc(F)ccc2N)sc1C. The number of benzene rings is 1. The van der Waals surface area contributed by atoms with Gasteiger partial charge in [-0.3, -0.25) is 10.1 Å². The number of nitrogens with two attached hydrogens (primary N) is 1. The Kier molecular flexibility index (Phi) is 3.80. The second kappa shape index (κ2) is 5.36. The van der Waals surface area contributed by atoms with E-state index < -0.39 is 11.7 Å². The number of thiazole rings is 1. The quantitative estimate of drug-likeness (QED) is 0.849. The lowest BCUT2D eigenvalue weighted by atomic mass is 10.1. The number of nitrogens with one attached hydrogen (secondary N) is 1. The van der Waals surface area contributed by atoms with E-state index in [-0.39, 0.29) is 11.3 Å². The van der Waals surface area contributed by atoms with Crippen molar-refractivity contribution in [1.29, 1.82) is 0 Å². The van der Waals surface area contributed by atoms with Gasteiger partial charge in [-0.15, -0.1) is 11.3 Å². The molecule has 0 unspecified atom stereocenters. The Morgan fingerprint density at radius 2 is 2.26 bits per heavy atom. The van der Waals surface area contributed by atoms with E-state index in [0.717, 1.165) is 23.1 Å². The van der Waals surface area contributed by atoms with Crippen LogP contribution in [0.5, 0.6) is 0 Å². The standard InChI is InChI=1S/C13H14FN3OS/c1-3-11-7(2)19-13(16-11)17-12(18)9-6-8(14)4-5-10(9)15/h4-6H,3,15H2,1-2H3,(H,16,17,18). The van der Waals surface area contributed by atoms with Crippen LogP contribution in [0.1, 0.15) is 27.9 Å². The molecule has 0 saturated heterocycles. The molecule has 1 heterocycles. The third kappa shape index (κ3) is 2.90. The predicted molar refractivity (Wildman–Crippen MR) is 75.0 cm³/mol. The smallest absolute Gasteiger partial charge is 0.259 e. The number of carbonyl (C=O) groups excluding carboxylic acids is 1. The minimum Gasteiger partial charge on any atom is -0.398 e. The topological polar surface area (TPSA) is 68.0 Å². The number of halogens is 1. The van der Waals surface area contributed by atoms with Crippen LogP contribution in [-0.2, 0) is 6.42 Å². The third-order valence-corrected chi connectivity index (χ3v) is 3.64. The van der Waals surface area contributed by atoms with E-state index in [1.54, 1.807) is 0 Å². The van der Waals surface area contributed by atoms with Crippen molar-refractivity contribution in [3.05, 3.63) is 40.2 Å². The fourth-order valence-corrected chi connectivity index (χ4v) is 2.60. The molecular formula is C13H14FN3OS. The molecule has 0 aliphatic carbocycles. The highest BCUT2D eigenvalue weighted by atomic mass is 32.1. The summed E-state index contributed by atoms with van der Waals surface area (Å²) in [6, 6.07) is 3.70. The zero-order chi connectivity index (χ0) is 14.0. The second-order valence-corrected chi connectivity index (χ2v) is 5.26. The van der Waals surface area contributed by atoms with E-state index in [1.165, 1.54) is 23.5 Å². The normalized spacial score (nSPS) is 10.5. The van der Waals surface area contributed by atoms with Crippen molar-refractivity contribution in [3.63, 3.8) is 0 Å². The summed E-state index contributed by atoms with van der Waals surface area (Å²) in [5.74, 6) is -0.947. The zero-order valence-corrected chi connectivity index (χ0v) is 11.5. The van der Waals surface area contributed by atoms with Crippen molar-refractivity contribution >= 4 is 28.1 Å². The highest BCUT2D eigenvalue weighted by molar-refractivity contribution is 7.15. The Hall–Kier alpha value is -1.95. The van der Waals surface area contributed by atoms with Gasteiger partial charge in [0.15, 0.2) is 5.13 Å². The van der Waals surface area contributed by atoms with E-state index in [9.17, 15) is 9.18 Å². The maximum atomic E-state index is 13.1. The maximum absolute atomic E-state index is 13.1. The zero-order valence-electron chi connectivity index (χ0n) is 10.7. The minimum atomic E-state index is -0.496. The molecule has 1 amide bonds. The largest absolute Gasteiger partial charge is 0.398 e. The van der Waals surface area contributed by atoms with Crippen LogP contribution in [0.3, 0.4) is 0 Å². The molecule has 1 aromatic heterocycles. The molecule has 100 valence electrons. The Labute approximate surface area is 114 Å². The average molecular weight is 279 g/mol. The van der Waals surface area contributed by atoms with E-state index in [0.29, 0.717) is 5.13 Å². The number of amides is 1. The van der Waals surface area contributed by atoms with Gasteiger partial charge in [-0.25, -0.2) is 9.37 Å². The molecule has 0 bridgehead atoms. The summed E-state index contributed by atoms with van der Waals surface area (Å²) in [5.41, 5.74) is 6.97. The van der Waals surface area contributed by atoms with Gasteiger partial charge in [0.25, 0.3) is 5.91 Å². The molecule has 19 heavy (non-hydrogen) atoms. The van der Waals surface area contributed by atoms with Crippen molar-refractivity contribution < 1.29 is 9.18 Å². The van der Waals surface area contributed by atoms with Crippen LogP contribution >= 0.6 is 11.3 Å². The molecular weight excluding hydrogens is 265 g/mol. The number of carbonyl (C=O) groups is 1. The summed E-state index contributed by atoms with van der Waals surface area (Å²) in [4.78, 5) is 17.4. The first kappa shape index (κ1) is 13.5. The Balaban J connectivity index is 2.22. The van der Waals surface area contributed by atoms with Gasteiger partial charge in [-0.2, -0.15) is 0 Å². The summed E-state index contributed by atoms with van der Waals surface area (Å²) in [5, 5.41) is 3.15. The molecule has 2 aromatic rings. The molecule has 0 aliphatic rings. The van der Waals surface area contributed by atoms with Gasteiger partial charge in [0, 0.05) is 10.6 Å².